The molecular formula is C27H33N. The number of hydrogen-bond acceptors (Lipinski definition) is 1. The molecule has 1 nitrogen and oxygen atoms in total. The third kappa shape index (κ3) is 5.79. The summed E-state index contributed by atoms with van der Waals surface area (Å²) in [5.74, 6) is 0. The van der Waals surface area contributed by atoms with Gasteiger partial charge in [-0.2, -0.15) is 0 Å². The van der Waals surface area contributed by atoms with E-state index in [0.717, 1.165) is 11.4 Å². The van der Waals surface area contributed by atoms with Crippen LogP contribution in [0.1, 0.15) is 63.5 Å². The Bertz CT molecular complexity index is 762. The molecule has 1 aromatic heterocycles. The second-order valence-corrected chi connectivity index (χ2v) is 7.72. The molecule has 0 amide bonds. The fourth-order valence-corrected chi connectivity index (χ4v) is 3.60. The van der Waals surface area contributed by atoms with E-state index >= 15 is 0 Å². The maximum Gasteiger partial charge on any atom is 0.0709 e. The Morgan fingerprint density at radius 3 is 1.36 bits per heavy atom. The normalized spacial score (nSPS) is 10.9. The van der Waals surface area contributed by atoms with E-state index in [0.29, 0.717) is 0 Å². The van der Waals surface area contributed by atoms with Gasteiger partial charge in [0.15, 0.2) is 0 Å². The van der Waals surface area contributed by atoms with Crippen molar-refractivity contribution < 1.29 is 0 Å². The van der Waals surface area contributed by atoms with E-state index in [4.69, 9.17) is 4.98 Å². The van der Waals surface area contributed by atoms with Crippen LogP contribution in [-0.2, 0) is 12.8 Å². The first-order valence-corrected chi connectivity index (χ1v) is 11.0. The van der Waals surface area contributed by atoms with Crippen LogP contribution >= 0.6 is 0 Å². The first kappa shape index (κ1) is 20.3. The number of unbranched alkanes of at least 4 members (excludes halogenated alkanes) is 4. The summed E-state index contributed by atoms with van der Waals surface area (Å²) in [4.78, 5) is 4.92. The van der Waals surface area contributed by atoms with Crippen molar-refractivity contribution in [3.8, 4) is 22.5 Å². The van der Waals surface area contributed by atoms with Crippen LogP contribution in [0, 0.1) is 0 Å². The van der Waals surface area contributed by atoms with Gasteiger partial charge in [0.2, 0.25) is 0 Å². The second kappa shape index (κ2) is 10.8. The van der Waals surface area contributed by atoms with Gasteiger partial charge in [0.05, 0.1) is 11.4 Å². The lowest BCUT2D eigenvalue weighted by Crippen LogP contribution is -1.90. The van der Waals surface area contributed by atoms with E-state index in [9.17, 15) is 0 Å². The van der Waals surface area contributed by atoms with Crippen molar-refractivity contribution in [3.63, 3.8) is 0 Å². The van der Waals surface area contributed by atoms with Gasteiger partial charge in [-0.25, -0.2) is 4.98 Å². The average Bonchev–Trinajstić information content (AvgIpc) is 2.75. The number of nitrogens with zero attached hydrogens (tertiary/aromatic N) is 1. The fraction of sp³-hybridized carbons (Fsp3) is 0.370. The third-order valence-electron chi connectivity index (χ3n) is 5.39. The molecule has 0 unspecified atom stereocenters. The predicted octanol–water partition coefficient (Wildman–Crippen LogP) is 7.88. The van der Waals surface area contributed by atoms with Crippen molar-refractivity contribution in [2.24, 2.45) is 0 Å². The van der Waals surface area contributed by atoms with Crippen molar-refractivity contribution in [2.45, 2.75) is 65.2 Å². The monoisotopic (exact) mass is 371 g/mol. The topological polar surface area (TPSA) is 12.9 Å². The number of aromatic nitrogens is 1. The van der Waals surface area contributed by atoms with Crippen molar-refractivity contribution in [1.29, 1.82) is 0 Å². The molecule has 0 N–H and O–H groups in total. The third-order valence-corrected chi connectivity index (χ3v) is 5.39. The second-order valence-electron chi connectivity index (χ2n) is 7.72. The molecule has 0 radical (unpaired) electrons. The smallest absolute Gasteiger partial charge is 0.0709 e. The molecule has 3 aromatic rings. The summed E-state index contributed by atoms with van der Waals surface area (Å²) in [6.45, 7) is 4.50. The molecule has 146 valence electrons. The molecular weight excluding hydrogens is 338 g/mol. The minimum atomic E-state index is 1.05. The molecule has 3 rings (SSSR count). The summed E-state index contributed by atoms with van der Waals surface area (Å²) in [7, 11) is 0. The average molecular weight is 372 g/mol. The van der Waals surface area contributed by atoms with Crippen molar-refractivity contribution in [2.75, 3.05) is 0 Å². The van der Waals surface area contributed by atoms with E-state index in [1.165, 1.54) is 73.6 Å². The van der Waals surface area contributed by atoms with Crippen LogP contribution < -0.4 is 0 Å². The Hall–Kier alpha value is -2.41. The molecule has 0 saturated carbocycles. The van der Waals surface area contributed by atoms with Crippen LogP contribution in [0.4, 0.5) is 0 Å². The molecule has 0 atom stereocenters. The molecule has 1 heterocycles. The highest BCUT2D eigenvalue weighted by Gasteiger charge is 2.04. The van der Waals surface area contributed by atoms with E-state index in [1.807, 2.05) is 0 Å². The van der Waals surface area contributed by atoms with Gasteiger partial charge in [-0.05, 0) is 48.9 Å². The first-order chi connectivity index (χ1) is 13.8. The fourth-order valence-electron chi connectivity index (χ4n) is 3.60. The molecule has 0 aliphatic rings. The van der Waals surface area contributed by atoms with Crippen LogP contribution in [0.25, 0.3) is 22.5 Å². The summed E-state index contributed by atoms with van der Waals surface area (Å²) in [5.41, 5.74) is 7.32. The van der Waals surface area contributed by atoms with Gasteiger partial charge in [0.1, 0.15) is 0 Å². The Morgan fingerprint density at radius 1 is 0.536 bits per heavy atom. The molecule has 1 heteroatoms. The van der Waals surface area contributed by atoms with Gasteiger partial charge in [-0.1, -0.05) is 94.1 Å². The lowest BCUT2D eigenvalue weighted by atomic mass is 10.0. The highest BCUT2D eigenvalue weighted by Crippen LogP contribution is 2.24. The number of aryl methyl sites for hydroxylation is 2. The standard InChI is InChI=1S/C27H33N/c1-3-5-7-10-22-14-18-24(19-15-22)26-12-9-13-27(28-26)25-20-16-23(17-21-25)11-8-6-4-2/h9,12-21H,3-8,10-11H2,1-2H3. The van der Waals surface area contributed by atoms with Gasteiger partial charge < -0.3 is 0 Å². The summed E-state index contributed by atoms with van der Waals surface area (Å²) in [6.07, 6.45) is 10.1. The Kier molecular flexibility index (Phi) is 7.84. The maximum atomic E-state index is 4.92. The minimum Gasteiger partial charge on any atom is -0.248 e. The van der Waals surface area contributed by atoms with E-state index in [1.54, 1.807) is 0 Å². The Balaban J connectivity index is 1.70. The molecule has 0 bridgehead atoms. The first-order valence-electron chi connectivity index (χ1n) is 11.0. The van der Waals surface area contributed by atoms with Crippen LogP contribution in [0.5, 0.6) is 0 Å². The zero-order valence-electron chi connectivity index (χ0n) is 17.5. The summed E-state index contributed by atoms with van der Waals surface area (Å²) in [5, 5.41) is 0. The largest absolute Gasteiger partial charge is 0.248 e. The molecule has 2 aromatic carbocycles. The van der Waals surface area contributed by atoms with Crippen LogP contribution in [-0.4, -0.2) is 4.98 Å². The van der Waals surface area contributed by atoms with Crippen molar-refractivity contribution in [3.05, 3.63) is 77.9 Å². The van der Waals surface area contributed by atoms with E-state index < -0.39 is 0 Å². The minimum absolute atomic E-state index is 1.05. The number of rotatable bonds is 10. The zero-order chi connectivity index (χ0) is 19.6. The Morgan fingerprint density at radius 2 is 0.964 bits per heavy atom. The van der Waals surface area contributed by atoms with E-state index in [2.05, 4.69) is 80.6 Å². The SMILES string of the molecule is CCCCCc1ccc(-c2cccc(-c3ccc(CCCCC)cc3)n2)cc1. The highest BCUT2D eigenvalue weighted by molar-refractivity contribution is 5.66. The summed E-state index contributed by atoms with van der Waals surface area (Å²) < 4.78 is 0. The number of pyridine rings is 1. The van der Waals surface area contributed by atoms with E-state index in [-0.39, 0.29) is 0 Å². The molecule has 0 spiro atoms. The summed E-state index contributed by atoms with van der Waals surface area (Å²) in [6, 6.07) is 24.2. The van der Waals surface area contributed by atoms with Gasteiger partial charge in [-0.3, -0.25) is 0 Å². The van der Waals surface area contributed by atoms with Gasteiger partial charge >= 0.3 is 0 Å². The number of hydrogen-bond donors (Lipinski definition) is 0. The molecule has 0 fully saturated rings. The van der Waals surface area contributed by atoms with Crippen LogP contribution in [0.3, 0.4) is 0 Å². The lowest BCUT2D eigenvalue weighted by molar-refractivity contribution is 0.717. The number of benzene rings is 2. The molecule has 28 heavy (non-hydrogen) atoms. The lowest BCUT2D eigenvalue weighted by Gasteiger charge is -2.08. The van der Waals surface area contributed by atoms with Crippen LogP contribution in [0.2, 0.25) is 0 Å². The zero-order valence-corrected chi connectivity index (χ0v) is 17.5. The van der Waals surface area contributed by atoms with Crippen molar-refractivity contribution >= 4 is 0 Å². The van der Waals surface area contributed by atoms with Gasteiger partial charge in [0.25, 0.3) is 0 Å². The molecule has 0 saturated heterocycles. The van der Waals surface area contributed by atoms with Gasteiger partial charge in [0, 0.05) is 11.1 Å². The van der Waals surface area contributed by atoms with Crippen molar-refractivity contribution in [1.82, 2.24) is 4.98 Å². The maximum absolute atomic E-state index is 4.92. The highest BCUT2D eigenvalue weighted by atomic mass is 14.7. The van der Waals surface area contributed by atoms with Crippen LogP contribution in [0.15, 0.2) is 66.7 Å². The quantitative estimate of drug-likeness (QED) is 0.330. The van der Waals surface area contributed by atoms with Gasteiger partial charge in [-0.15, -0.1) is 0 Å². The Labute approximate surface area is 170 Å². The summed E-state index contributed by atoms with van der Waals surface area (Å²) >= 11 is 0. The molecule has 0 aliphatic carbocycles. The molecule has 0 aliphatic heterocycles. The predicted molar refractivity (Wildman–Crippen MR) is 122 cm³/mol.